The molecule has 33 heavy (non-hydrogen) atoms. The van der Waals surface area contributed by atoms with Gasteiger partial charge in [-0.2, -0.15) is 0 Å². The van der Waals surface area contributed by atoms with Crippen molar-refractivity contribution < 1.29 is 24.1 Å². The maximum absolute atomic E-state index is 11.8. The molecule has 0 aromatic carbocycles. The Balaban J connectivity index is 1.51. The molecule has 2 N–H and O–H groups in total. The van der Waals surface area contributed by atoms with E-state index in [1.165, 1.54) is 0 Å². The second-order valence-electron chi connectivity index (χ2n) is 13.6. The van der Waals surface area contributed by atoms with E-state index in [2.05, 4.69) is 47.7 Å². The van der Waals surface area contributed by atoms with Crippen molar-refractivity contribution in [3.8, 4) is 0 Å². The van der Waals surface area contributed by atoms with Crippen molar-refractivity contribution in [3.63, 3.8) is 0 Å². The first-order valence-electron chi connectivity index (χ1n) is 13.5. The lowest BCUT2D eigenvalue weighted by atomic mass is 9.51. The molecular formula is C27H50O5Si. The van der Waals surface area contributed by atoms with Crippen LogP contribution in [0, 0.1) is 28.6 Å². The number of ether oxygens (including phenoxy) is 2. The molecule has 192 valence electrons. The molecule has 0 amide bonds. The summed E-state index contributed by atoms with van der Waals surface area (Å²) in [5.41, 5.74) is -0.0746. The molecule has 1 heterocycles. The van der Waals surface area contributed by atoms with Gasteiger partial charge in [-0.05, 0) is 86.2 Å². The molecule has 1 aliphatic heterocycles. The monoisotopic (exact) mass is 482 g/mol. The zero-order chi connectivity index (χ0) is 24.3. The van der Waals surface area contributed by atoms with E-state index in [-0.39, 0.29) is 46.5 Å². The average molecular weight is 483 g/mol. The highest BCUT2D eigenvalue weighted by Crippen LogP contribution is 2.65. The Hall–Kier alpha value is 0.0169. The SMILES string of the molecule is CC(C)(C)[Si](C)(C)OC1CC[C@](C)(C2CC[C@@]3(C)C(CCC34OCCO4)[C@@H]2O)[C@@H](CCO)C1. The summed E-state index contributed by atoms with van der Waals surface area (Å²) >= 11 is 0. The third-order valence-electron chi connectivity index (χ3n) is 11.1. The van der Waals surface area contributed by atoms with Crippen molar-refractivity contribution in [1.29, 1.82) is 0 Å². The van der Waals surface area contributed by atoms with Crippen molar-refractivity contribution in [2.45, 2.75) is 122 Å². The minimum atomic E-state index is -1.83. The molecule has 7 atom stereocenters. The van der Waals surface area contributed by atoms with Gasteiger partial charge in [-0.25, -0.2) is 0 Å². The summed E-state index contributed by atoms with van der Waals surface area (Å²) in [5.74, 6) is 0.382. The Morgan fingerprint density at radius 2 is 1.61 bits per heavy atom. The lowest BCUT2D eigenvalue weighted by molar-refractivity contribution is -0.250. The van der Waals surface area contributed by atoms with Gasteiger partial charge in [-0.1, -0.05) is 34.6 Å². The predicted octanol–water partition coefficient (Wildman–Crippen LogP) is 5.50. The number of hydrogen-bond donors (Lipinski definition) is 2. The average Bonchev–Trinajstić information content (AvgIpc) is 3.31. The van der Waals surface area contributed by atoms with Gasteiger partial charge in [-0.3, -0.25) is 0 Å². The van der Waals surface area contributed by atoms with Crippen LogP contribution in [0.15, 0.2) is 0 Å². The van der Waals surface area contributed by atoms with Gasteiger partial charge in [0.1, 0.15) is 0 Å². The van der Waals surface area contributed by atoms with Crippen LogP contribution in [0.4, 0.5) is 0 Å². The molecule has 6 heteroatoms. The zero-order valence-corrected chi connectivity index (χ0v) is 23.3. The van der Waals surface area contributed by atoms with E-state index in [4.69, 9.17) is 13.9 Å². The molecule has 1 saturated heterocycles. The van der Waals surface area contributed by atoms with Gasteiger partial charge in [0.15, 0.2) is 14.1 Å². The number of fused-ring (bicyclic) bond motifs is 2. The highest BCUT2D eigenvalue weighted by Gasteiger charge is 2.66. The summed E-state index contributed by atoms with van der Waals surface area (Å²) in [6.45, 7) is 17.9. The molecule has 0 bridgehead atoms. The summed E-state index contributed by atoms with van der Waals surface area (Å²) in [6.07, 6.45) is 7.81. The van der Waals surface area contributed by atoms with Gasteiger partial charge >= 0.3 is 0 Å². The molecule has 0 radical (unpaired) electrons. The van der Waals surface area contributed by atoms with Crippen LogP contribution in [-0.2, 0) is 13.9 Å². The molecule has 5 nitrogen and oxygen atoms in total. The van der Waals surface area contributed by atoms with Gasteiger partial charge in [0, 0.05) is 24.5 Å². The Labute approximate surface area is 203 Å². The summed E-state index contributed by atoms with van der Waals surface area (Å²) in [6, 6.07) is 0. The van der Waals surface area contributed by atoms with E-state index in [9.17, 15) is 10.2 Å². The highest BCUT2D eigenvalue weighted by molar-refractivity contribution is 6.74. The number of aliphatic hydroxyl groups is 2. The second kappa shape index (κ2) is 8.84. The van der Waals surface area contributed by atoms with Crippen LogP contribution < -0.4 is 0 Å². The highest BCUT2D eigenvalue weighted by atomic mass is 28.4. The number of hydrogen-bond acceptors (Lipinski definition) is 5. The van der Waals surface area contributed by atoms with Crippen LogP contribution in [0.5, 0.6) is 0 Å². The summed E-state index contributed by atoms with van der Waals surface area (Å²) in [4.78, 5) is 0. The standard InChI is InChI=1S/C27H50O5Si/c1-24(2,3)33(6,7)32-20-8-12-25(4,19(18-20)11-15-28)21-9-13-26(5)22(23(21)29)10-14-27(26)30-16-17-31-27/h19-23,28-29H,8-18H2,1-7H3/t19-,20?,21?,22?,23+,25-,26-/m0/s1. The van der Waals surface area contributed by atoms with Gasteiger partial charge < -0.3 is 24.1 Å². The van der Waals surface area contributed by atoms with Gasteiger partial charge in [0.05, 0.1) is 19.3 Å². The third kappa shape index (κ3) is 4.19. The van der Waals surface area contributed by atoms with Crippen LogP contribution in [0.2, 0.25) is 18.1 Å². The molecule has 3 aliphatic carbocycles. The third-order valence-corrected chi connectivity index (χ3v) is 15.6. The normalized spacial score (nSPS) is 43.7. The first-order chi connectivity index (χ1) is 15.3. The molecule has 3 saturated carbocycles. The van der Waals surface area contributed by atoms with Gasteiger partial charge in [-0.15, -0.1) is 0 Å². The molecule has 0 aromatic rings. The minimum Gasteiger partial charge on any atom is -0.414 e. The summed E-state index contributed by atoms with van der Waals surface area (Å²) < 4.78 is 19.2. The maximum atomic E-state index is 11.8. The van der Waals surface area contributed by atoms with Crippen LogP contribution in [0.3, 0.4) is 0 Å². The van der Waals surface area contributed by atoms with Crippen LogP contribution >= 0.6 is 0 Å². The molecule has 4 aliphatic rings. The smallest absolute Gasteiger partial charge is 0.192 e. The fourth-order valence-corrected chi connectivity index (χ4v) is 9.28. The molecule has 3 unspecified atom stereocenters. The van der Waals surface area contributed by atoms with Crippen molar-refractivity contribution in [2.75, 3.05) is 19.8 Å². The largest absolute Gasteiger partial charge is 0.414 e. The molecule has 4 fully saturated rings. The minimum absolute atomic E-state index is 0.0317. The molecule has 0 aromatic heterocycles. The number of aliphatic hydroxyl groups excluding tert-OH is 2. The first kappa shape index (κ1) is 26.1. The van der Waals surface area contributed by atoms with Crippen LogP contribution in [-0.4, -0.2) is 56.3 Å². The van der Waals surface area contributed by atoms with E-state index in [1.807, 2.05) is 0 Å². The van der Waals surface area contributed by atoms with Crippen molar-refractivity contribution >= 4 is 8.32 Å². The quantitative estimate of drug-likeness (QED) is 0.507. The zero-order valence-electron chi connectivity index (χ0n) is 22.3. The summed E-state index contributed by atoms with van der Waals surface area (Å²) in [5, 5.41) is 22.0. The van der Waals surface area contributed by atoms with Crippen molar-refractivity contribution in [1.82, 2.24) is 0 Å². The molecule has 4 rings (SSSR count). The van der Waals surface area contributed by atoms with Crippen LogP contribution in [0.1, 0.15) is 86.0 Å². The fourth-order valence-electron chi connectivity index (χ4n) is 7.88. The Morgan fingerprint density at radius 1 is 0.970 bits per heavy atom. The maximum Gasteiger partial charge on any atom is 0.192 e. The predicted molar refractivity (Wildman–Crippen MR) is 133 cm³/mol. The lowest BCUT2D eigenvalue weighted by Crippen LogP contribution is -2.57. The van der Waals surface area contributed by atoms with Crippen LogP contribution in [0.25, 0.3) is 0 Å². The second-order valence-corrected chi connectivity index (χ2v) is 18.4. The molecular weight excluding hydrogens is 432 g/mol. The first-order valence-corrected chi connectivity index (χ1v) is 16.5. The fraction of sp³-hybridized carbons (Fsp3) is 1.00. The Bertz CT molecular complexity index is 699. The van der Waals surface area contributed by atoms with E-state index >= 15 is 0 Å². The number of rotatable bonds is 5. The van der Waals surface area contributed by atoms with E-state index in [1.54, 1.807) is 0 Å². The lowest BCUT2D eigenvalue weighted by Gasteiger charge is -2.57. The Kier molecular flexibility index (Phi) is 6.99. The van der Waals surface area contributed by atoms with Crippen molar-refractivity contribution in [2.24, 2.45) is 28.6 Å². The van der Waals surface area contributed by atoms with E-state index in [0.717, 1.165) is 51.4 Å². The topological polar surface area (TPSA) is 68.2 Å². The molecule has 1 spiro atoms. The van der Waals surface area contributed by atoms with Crippen molar-refractivity contribution in [3.05, 3.63) is 0 Å². The van der Waals surface area contributed by atoms with E-state index < -0.39 is 14.1 Å². The Morgan fingerprint density at radius 3 is 2.21 bits per heavy atom. The summed E-state index contributed by atoms with van der Waals surface area (Å²) in [7, 11) is -1.83. The van der Waals surface area contributed by atoms with Gasteiger partial charge in [0.2, 0.25) is 0 Å². The van der Waals surface area contributed by atoms with Gasteiger partial charge in [0.25, 0.3) is 0 Å². The van der Waals surface area contributed by atoms with E-state index in [0.29, 0.717) is 19.1 Å².